The van der Waals surface area contributed by atoms with Gasteiger partial charge >= 0.3 is 0 Å². The first kappa shape index (κ1) is 16.2. The Hall–Kier alpha value is -2.31. The summed E-state index contributed by atoms with van der Waals surface area (Å²) in [6, 6.07) is 14.1. The average molecular weight is 411 g/mol. The van der Waals surface area contributed by atoms with Crippen molar-refractivity contribution in [2.45, 2.75) is 13.3 Å². The smallest absolute Gasteiger partial charge is 0.164 e. The molecule has 3 aromatic heterocycles. The van der Waals surface area contributed by atoms with E-state index in [2.05, 4.69) is 39.2 Å². The number of aromatic nitrogens is 3. The summed E-state index contributed by atoms with van der Waals surface area (Å²) in [5.74, 6) is 1.51. The predicted molar refractivity (Wildman–Crippen MR) is 107 cm³/mol. The van der Waals surface area contributed by atoms with Gasteiger partial charge in [-0.3, -0.25) is 4.98 Å². The molecule has 0 saturated carbocycles. The number of pyridine rings is 1. The summed E-state index contributed by atoms with van der Waals surface area (Å²) >= 11 is 5.18. The van der Waals surface area contributed by atoms with Crippen LogP contribution in [0.3, 0.4) is 0 Å². The molecule has 4 rings (SSSR count). The molecular weight excluding hydrogens is 396 g/mol. The number of nitrogens with zero attached hydrogens (tertiary/aromatic N) is 3. The van der Waals surface area contributed by atoms with Gasteiger partial charge in [-0.05, 0) is 48.9 Å². The lowest BCUT2D eigenvalue weighted by atomic mass is 10.2. The third-order valence-electron chi connectivity index (χ3n) is 3.82. The van der Waals surface area contributed by atoms with E-state index < -0.39 is 0 Å². The van der Waals surface area contributed by atoms with Crippen molar-refractivity contribution >= 4 is 49.0 Å². The van der Waals surface area contributed by atoms with Crippen LogP contribution in [0.4, 0.5) is 11.5 Å². The maximum Gasteiger partial charge on any atom is 0.164 e. The number of fused-ring (bicyclic) bond motifs is 1. The summed E-state index contributed by atoms with van der Waals surface area (Å²) in [7, 11) is 0. The number of nitrogens with one attached hydrogen (secondary N) is 1. The third kappa shape index (κ3) is 3.41. The molecule has 0 bridgehead atoms. The first-order valence-electron chi connectivity index (χ1n) is 7.96. The van der Waals surface area contributed by atoms with Crippen molar-refractivity contribution in [2.24, 2.45) is 0 Å². The van der Waals surface area contributed by atoms with Crippen molar-refractivity contribution in [1.29, 1.82) is 0 Å². The number of aryl methyl sites for hydroxylation is 1. The van der Waals surface area contributed by atoms with E-state index in [1.54, 1.807) is 23.7 Å². The molecule has 0 amide bonds. The highest BCUT2D eigenvalue weighted by Crippen LogP contribution is 2.33. The molecule has 0 aliphatic heterocycles. The van der Waals surface area contributed by atoms with E-state index in [-0.39, 0.29) is 0 Å². The Kier molecular flexibility index (Phi) is 4.46. The van der Waals surface area contributed by atoms with E-state index >= 15 is 0 Å². The number of hydrogen-bond acceptors (Lipinski definition) is 5. The van der Waals surface area contributed by atoms with Crippen LogP contribution in [0.15, 0.2) is 59.3 Å². The lowest BCUT2D eigenvalue weighted by molar-refractivity contribution is 1.19. The zero-order chi connectivity index (χ0) is 17.2. The van der Waals surface area contributed by atoms with Gasteiger partial charge in [-0.15, -0.1) is 11.3 Å². The molecule has 3 heterocycles. The first-order valence-corrected chi connectivity index (χ1v) is 9.57. The minimum Gasteiger partial charge on any atom is -0.340 e. The molecule has 0 aliphatic carbocycles. The molecule has 0 radical (unpaired) electrons. The number of hydrogen-bond donors (Lipinski definition) is 1. The van der Waals surface area contributed by atoms with E-state index in [4.69, 9.17) is 9.97 Å². The molecule has 0 aliphatic rings. The fourth-order valence-corrected chi connectivity index (χ4v) is 3.77. The summed E-state index contributed by atoms with van der Waals surface area (Å²) in [6.07, 6.45) is 4.53. The second-order valence-electron chi connectivity index (χ2n) is 5.55. The number of benzene rings is 1. The fourth-order valence-electron chi connectivity index (χ4n) is 2.53. The summed E-state index contributed by atoms with van der Waals surface area (Å²) < 4.78 is 1.05. The lowest BCUT2D eigenvalue weighted by Crippen LogP contribution is -1.98. The summed E-state index contributed by atoms with van der Waals surface area (Å²) in [4.78, 5) is 16.0. The largest absolute Gasteiger partial charge is 0.340 e. The quantitative estimate of drug-likeness (QED) is 0.460. The van der Waals surface area contributed by atoms with Crippen LogP contribution in [-0.2, 0) is 6.42 Å². The van der Waals surface area contributed by atoms with E-state index in [0.29, 0.717) is 5.82 Å². The van der Waals surface area contributed by atoms with Crippen molar-refractivity contribution in [3.63, 3.8) is 0 Å². The second kappa shape index (κ2) is 6.90. The summed E-state index contributed by atoms with van der Waals surface area (Å²) in [5, 5.41) is 4.49. The Balaban J connectivity index is 1.85. The van der Waals surface area contributed by atoms with Gasteiger partial charge in [-0.1, -0.05) is 22.9 Å². The molecule has 1 aromatic carbocycles. The number of thiophene rings is 1. The van der Waals surface area contributed by atoms with Crippen molar-refractivity contribution in [1.82, 2.24) is 15.0 Å². The molecule has 6 heteroatoms. The topological polar surface area (TPSA) is 50.7 Å². The SMILES string of the molecule is CCc1cc2c(Nc3ccc(Br)cc3)nc(-c3cccnc3)nc2s1. The van der Waals surface area contributed by atoms with Gasteiger partial charge < -0.3 is 5.32 Å². The molecule has 0 fully saturated rings. The minimum atomic E-state index is 0.685. The first-order chi connectivity index (χ1) is 12.2. The highest BCUT2D eigenvalue weighted by molar-refractivity contribution is 9.10. The van der Waals surface area contributed by atoms with E-state index in [0.717, 1.165) is 38.2 Å². The maximum atomic E-state index is 4.77. The maximum absolute atomic E-state index is 4.77. The van der Waals surface area contributed by atoms with Gasteiger partial charge in [-0.25, -0.2) is 9.97 Å². The molecule has 25 heavy (non-hydrogen) atoms. The third-order valence-corrected chi connectivity index (χ3v) is 5.52. The van der Waals surface area contributed by atoms with Crippen LogP contribution in [0.25, 0.3) is 21.6 Å². The molecule has 1 N–H and O–H groups in total. The zero-order valence-electron chi connectivity index (χ0n) is 13.5. The summed E-state index contributed by atoms with van der Waals surface area (Å²) in [5.41, 5.74) is 1.90. The average Bonchev–Trinajstić information content (AvgIpc) is 3.08. The number of anilines is 2. The highest BCUT2D eigenvalue weighted by atomic mass is 79.9. The van der Waals surface area contributed by atoms with Crippen LogP contribution >= 0.6 is 27.3 Å². The van der Waals surface area contributed by atoms with Crippen LogP contribution in [0, 0.1) is 0 Å². The molecule has 4 nitrogen and oxygen atoms in total. The Morgan fingerprint density at radius 3 is 2.68 bits per heavy atom. The van der Waals surface area contributed by atoms with Gasteiger partial charge in [0, 0.05) is 33.0 Å². The second-order valence-corrected chi connectivity index (χ2v) is 7.59. The fraction of sp³-hybridized carbons (Fsp3) is 0.105. The van der Waals surface area contributed by atoms with E-state index in [1.807, 2.05) is 36.4 Å². The van der Waals surface area contributed by atoms with E-state index in [1.165, 1.54) is 4.88 Å². The van der Waals surface area contributed by atoms with Gasteiger partial charge in [0.1, 0.15) is 10.6 Å². The monoisotopic (exact) mass is 410 g/mol. The van der Waals surface area contributed by atoms with Crippen LogP contribution < -0.4 is 5.32 Å². The van der Waals surface area contributed by atoms with Gasteiger partial charge in [0.25, 0.3) is 0 Å². The molecule has 0 unspecified atom stereocenters. The van der Waals surface area contributed by atoms with Gasteiger partial charge in [0.15, 0.2) is 5.82 Å². The molecule has 124 valence electrons. The molecule has 0 saturated heterocycles. The van der Waals surface area contributed by atoms with Crippen molar-refractivity contribution in [3.05, 3.63) is 64.2 Å². The van der Waals surface area contributed by atoms with Crippen LogP contribution in [0.1, 0.15) is 11.8 Å². The summed E-state index contributed by atoms with van der Waals surface area (Å²) in [6.45, 7) is 2.15. The Bertz CT molecular complexity index is 1010. The molecule has 0 spiro atoms. The molecule has 4 aromatic rings. The minimum absolute atomic E-state index is 0.685. The predicted octanol–water partition coefficient (Wildman–Crippen LogP) is 5.82. The number of halogens is 1. The van der Waals surface area contributed by atoms with Crippen molar-refractivity contribution in [2.75, 3.05) is 5.32 Å². The van der Waals surface area contributed by atoms with E-state index in [9.17, 15) is 0 Å². The van der Waals surface area contributed by atoms with Gasteiger partial charge in [-0.2, -0.15) is 0 Å². The highest BCUT2D eigenvalue weighted by Gasteiger charge is 2.13. The zero-order valence-corrected chi connectivity index (χ0v) is 15.9. The number of rotatable bonds is 4. The van der Waals surface area contributed by atoms with Crippen LogP contribution in [-0.4, -0.2) is 15.0 Å². The van der Waals surface area contributed by atoms with Crippen LogP contribution in [0.2, 0.25) is 0 Å². The Morgan fingerprint density at radius 2 is 1.96 bits per heavy atom. The molecule has 0 atom stereocenters. The van der Waals surface area contributed by atoms with Gasteiger partial charge in [0.2, 0.25) is 0 Å². The normalized spacial score (nSPS) is 11.0. The van der Waals surface area contributed by atoms with Crippen molar-refractivity contribution in [3.8, 4) is 11.4 Å². The Morgan fingerprint density at radius 1 is 1.12 bits per heavy atom. The molecular formula is C19H15BrN4S. The van der Waals surface area contributed by atoms with Gasteiger partial charge in [0.05, 0.1) is 5.39 Å². The Labute approximate surface area is 158 Å². The standard InChI is InChI=1S/C19H15BrN4S/c1-2-15-10-16-18(22-14-7-5-13(20)6-8-14)23-17(24-19(16)25-15)12-4-3-9-21-11-12/h3-11H,2H2,1H3,(H,22,23,24). The lowest BCUT2D eigenvalue weighted by Gasteiger charge is -2.09. The van der Waals surface area contributed by atoms with Crippen LogP contribution in [0.5, 0.6) is 0 Å². The van der Waals surface area contributed by atoms with Crippen molar-refractivity contribution < 1.29 is 0 Å².